The first-order valence-corrected chi connectivity index (χ1v) is 9.15. The molecular formula is C16H14F2N2O4S. The Kier molecular flexibility index (Phi) is 4.34. The zero-order valence-electron chi connectivity index (χ0n) is 13.1. The molecule has 6 nitrogen and oxygen atoms in total. The van der Waals surface area contributed by atoms with Gasteiger partial charge in [0.05, 0.1) is 17.7 Å². The third kappa shape index (κ3) is 3.71. The maximum Gasteiger partial charge on any atom is 0.229 e. The predicted molar refractivity (Wildman–Crippen MR) is 88.0 cm³/mol. The number of sulfonamides is 1. The monoisotopic (exact) mass is 368 g/mol. The lowest BCUT2D eigenvalue weighted by molar-refractivity contribution is 0.318. The maximum absolute atomic E-state index is 13.9. The first kappa shape index (κ1) is 17.2. The van der Waals surface area contributed by atoms with Gasteiger partial charge < -0.3 is 9.94 Å². The van der Waals surface area contributed by atoms with E-state index in [-0.39, 0.29) is 17.2 Å². The molecule has 2 N–H and O–H groups in total. The van der Waals surface area contributed by atoms with Crippen molar-refractivity contribution in [3.8, 4) is 11.5 Å². The number of oxime groups is 1. The standard InChI is InChI=1S/C16H14F2N2O4S/c1-25(22,23)20-14-6-9-2-4-13(19-21)11(9)8-16(14)24-15-5-3-10(17)7-12(15)18/h3,5-8,20-21H,2,4H2,1H3/b19-13-. The van der Waals surface area contributed by atoms with Gasteiger partial charge in [-0.1, -0.05) is 5.16 Å². The number of rotatable bonds is 4. The van der Waals surface area contributed by atoms with E-state index in [2.05, 4.69) is 9.88 Å². The van der Waals surface area contributed by atoms with Crippen LogP contribution in [-0.4, -0.2) is 25.6 Å². The quantitative estimate of drug-likeness (QED) is 0.641. The number of hydrogen-bond acceptors (Lipinski definition) is 5. The van der Waals surface area contributed by atoms with Gasteiger partial charge in [0.2, 0.25) is 10.0 Å². The zero-order valence-corrected chi connectivity index (χ0v) is 13.9. The minimum Gasteiger partial charge on any atom is -0.452 e. The lowest BCUT2D eigenvalue weighted by Crippen LogP contribution is -2.11. The maximum atomic E-state index is 13.9. The highest BCUT2D eigenvalue weighted by Gasteiger charge is 2.23. The molecule has 3 rings (SSSR count). The van der Waals surface area contributed by atoms with Crippen LogP contribution in [0, 0.1) is 11.6 Å². The number of nitrogens with zero attached hydrogens (tertiary/aromatic N) is 1. The number of ether oxygens (including phenoxy) is 1. The van der Waals surface area contributed by atoms with E-state index in [1.54, 1.807) is 6.07 Å². The number of benzene rings is 2. The summed E-state index contributed by atoms with van der Waals surface area (Å²) in [4.78, 5) is 0. The Hall–Kier alpha value is -2.68. The lowest BCUT2D eigenvalue weighted by atomic mass is 10.1. The first-order chi connectivity index (χ1) is 11.8. The van der Waals surface area contributed by atoms with Crippen LogP contribution < -0.4 is 9.46 Å². The van der Waals surface area contributed by atoms with Crippen LogP contribution in [-0.2, 0) is 16.4 Å². The van der Waals surface area contributed by atoms with Crippen molar-refractivity contribution in [2.24, 2.45) is 5.16 Å². The molecule has 9 heteroatoms. The summed E-state index contributed by atoms with van der Waals surface area (Å²) in [5.74, 6) is -1.94. The summed E-state index contributed by atoms with van der Waals surface area (Å²) in [5.41, 5.74) is 1.89. The van der Waals surface area contributed by atoms with Crippen LogP contribution in [0.2, 0.25) is 0 Å². The van der Waals surface area contributed by atoms with Gasteiger partial charge in [0, 0.05) is 11.6 Å². The van der Waals surface area contributed by atoms with Crippen molar-refractivity contribution in [3.05, 3.63) is 53.1 Å². The Bertz CT molecular complexity index is 974. The molecule has 0 spiro atoms. The van der Waals surface area contributed by atoms with Crippen molar-refractivity contribution < 1.29 is 27.1 Å². The Morgan fingerprint density at radius 2 is 1.92 bits per heavy atom. The van der Waals surface area contributed by atoms with Crippen molar-refractivity contribution in [3.63, 3.8) is 0 Å². The fourth-order valence-corrected chi connectivity index (χ4v) is 3.19. The molecule has 0 saturated heterocycles. The summed E-state index contributed by atoms with van der Waals surface area (Å²) in [5, 5.41) is 12.3. The third-order valence-corrected chi connectivity index (χ3v) is 4.27. The van der Waals surface area contributed by atoms with E-state index in [0.717, 1.165) is 24.0 Å². The zero-order chi connectivity index (χ0) is 18.2. The van der Waals surface area contributed by atoms with Crippen LogP contribution in [0.3, 0.4) is 0 Å². The van der Waals surface area contributed by atoms with Crippen molar-refractivity contribution >= 4 is 21.4 Å². The van der Waals surface area contributed by atoms with E-state index in [1.807, 2.05) is 0 Å². The molecule has 1 aliphatic rings. The van der Waals surface area contributed by atoms with Crippen LogP contribution in [0.1, 0.15) is 17.5 Å². The predicted octanol–water partition coefficient (Wildman–Crippen LogP) is 3.25. The highest BCUT2D eigenvalue weighted by atomic mass is 32.2. The average molecular weight is 368 g/mol. The van der Waals surface area contributed by atoms with E-state index in [9.17, 15) is 17.2 Å². The molecule has 0 fully saturated rings. The van der Waals surface area contributed by atoms with Crippen LogP contribution in [0.5, 0.6) is 11.5 Å². The Balaban J connectivity index is 2.09. The summed E-state index contributed by atoms with van der Waals surface area (Å²) in [7, 11) is -3.61. The minimum absolute atomic E-state index is 0.0118. The van der Waals surface area contributed by atoms with E-state index >= 15 is 0 Å². The van der Waals surface area contributed by atoms with Gasteiger partial charge in [-0.2, -0.15) is 0 Å². The van der Waals surface area contributed by atoms with Gasteiger partial charge >= 0.3 is 0 Å². The second-order valence-electron chi connectivity index (χ2n) is 5.60. The topological polar surface area (TPSA) is 88.0 Å². The van der Waals surface area contributed by atoms with Gasteiger partial charge in [0.1, 0.15) is 5.82 Å². The molecule has 2 aromatic carbocycles. The Morgan fingerprint density at radius 3 is 2.56 bits per heavy atom. The van der Waals surface area contributed by atoms with E-state index in [4.69, 9.17) is 9.94 Å². The van der Waals surface area contributed by atoms with Gasteiger partial charge in [-0.25, -0.2) is 17.2 Å². The number of hydrogen-bond donors (Lipinski definition) is 2. The van der Waals surface area contributed by atoms with Crippen molar-refractivity contribution in [1.29, 1.82) is 0 Å². The van der Waals surface area contributed by atoms with Gasteiger partial charge in [-0.15, -0.1) is 0 Å². The normalized spacial score (nSPS) is 15.2. The summed E-state index contributed by atoms with van der Waals surface area (Å²) >= 11 is 0. The highest BCUT2D eigenvalue weighted by Crippen LogP contribution is 2.37. The fraction of sp³-hybridized carbons (Fsp3) is 0.188. The SMILES string of the molecule is CS(=O)(=O)Nc1cc2c(cc1Oc1ccc(F)cc1F)/C(=N\O)CC2. The van der Waals surface area contributed by atoms with Crippen LogP contribution >= 0.6 is 0 Å². The van der Waals surface area contributed by atoms with Gasteiger partial charge in [0.15, 0.2) is 17.3 Å². The molecule has 0 heterocycles. The van der Waals surface area contributed by atoms with Crippen molar-refractivity contribution in [2.45, 2.75) is 12.8 Å². The number of fused-ring (bicyclic) bond motifs is 1. The van der Waals surface area contributed by atoms with E-state index < -0.39 is 21.7 Å². The van der Waals surface area contributed by atoms with E-state index in [0.29, 0.717) is 30.2 Å². The van der Waals surface area contributed by atoms with Crippen molar-refractivity contribution in [1.82, 2.24) is 0 Å². The minimum atomic E-state index is -3.61. The fourth-order valence-electron chi connectivity index (χ4n) is 2.63. The third-order valence-electron chi connectivity index (χ3n) is 3.68. The molecule has 0 aromatic heterocycles. The highest BCUT2D eigenvalue weighted by molar-refractivity contribution is 7.92. The number of nitrogens with one attached hydrogen (secondary N) is 1. The number of aryl methyl sites for hydroxylation is 1. The van der Waals surface area contributed by atoms with Crippen LogP contribution in [0.15, 0.2) is 35.5 Å². The summed E-state index contributed by atoms with van der Waals surface area (Å²) in [6.07, 6.45) is 2.03. The molecule has 25 heavy (non-hydrogen) atoms. The molecule has 0 saturated carbocycles. The largest absolute Gasteiger partial charge is 0.452 e. The van der Waals surface area contributed by atoms with E-state index in [1.165, 1.54) is 6.07 Å². The first-order valence-electron chi connectivity index (χ1n) is 7.26. The smallest absolute Gasteiger partial charge is 0.229 e. The molecule has 132 valence electrons. The lowest BCUT2D eigenvalue weighted by Gasteiger charge is -2.15. The van der Waals surface area contributed by atoms with Gasteiger partial charge in [0.25, 0.3) is 0 Å². The van der Waals surface area contributed by atoms with Crippen LogP contribution in [0.4, 0.5) is 14.5 Å². The van der Waals surface area contributed by atoms with Crippen LogP contribution in [0.25, 0.3) is 0 Å². The molecule has 1 aliphatic carbocycles. The molecule has 2 aromatic rings. The Labute approximate surface area is 142 Å². The molecule has 0 radical (unpaired) electrons. The second kappa shape index (κ2) is 6.32. The molecule has 0 atom stereocenters. The van der Waals surface area contributed by atoms with Gasteiger partial charge in [-0.05, 0) is 42.7 Å². The number of anilines is 1. The Morgan fingerprint density at radius 1 is 1.16 bits per heavy atom. The second-order valence-corrected chi connectivity index (χ2v) is 7.35. The molecule has 0 amide bonds. The molecular weight excluding hydrogens is 354 g/mol. The molecule has 0 unspecified atom stereocenters. The number of halogens is 2. The average Bonchev–Trinajstić information content (AvgIpc) is 2.90. The summed E-state index contributed by atoms with van der Waals surface area (Å²) < 4.78 is 57.8. The van der Waals surface area contributed by atoms with Gasteiger partial charge in [-0.3, -0.25) is 4.72 Å². The van der Waals surface area contributed by atoms with Crippen molar-refractivity contribution in [2.75, 3.05) is 11.0 Å². The molecule has 0 aliphatic heterocycles. The summed E-state index contributed by atoms with van der Waals surface area (Å²) in [6, 6.07) is 5.80. The summed E-state index contributed by atoms with van der Waals surface area (Å²) in [6.45, 7) is 0. The molecule has 0 bridgehead atoms.